The molecule has 172 valence electrons. The number of hydrogen-bond donors (Lipinski definition) is 1. The van der Waals surface area contributed by atoms with Gasteiger partial charge in [0.15, 0.2) is 21.8 Å². The van der Waals surface area contributed by atoms with Crippen LogP contribution in [0.1, 0.15) is 30.5 Å². The van der Waals surface area contributed by atoms with E-state index in [2.05, 4.69) is 0 Å². The normalized spacial score (nSPS) is 16.9. The van der Waals surface area contributed by atoms with Crippen LogP contribution in [-0.4, -0.2) is 37.4 Å². The first-order valence-electron chi connectivity index (χ1n) is 10.3. The van der Waals surface area contributed by atoms with Crippen LogP contribution in [0.15, 0.2) is 58.8 Å². The first-order chi connectivity index (χ1) is 16.0. The number of esters is 1. The second kappa shape index (κ2) is 9.50. The molecule has 0 fully saturated rings. The number of methoxy groups -OCH3 is 3. The van der Waals surface area contributed by atoms with Crippen LogP contribution in [0.4, 0.5) is 5.69 Å². The lowest BCUT2D eigenvalue weighted by atomic mass is 10.00. The van der Waals surface area contributed by atoms with Crippen LogP contribution < -0.4 is 19.9 Å². The number of rotatable bonds is 7. The van der Waals surface area contributed by atoms with Gasteiger partial charge < -0.3 is 29.6 Å². The van der Waals surface area contributed by atoms with Crippen molar-refractivity contribution in [3.8, 4) is 17.2 Å². The maximum absolute atomic E-state index is 11.9. The summed E-state index contributed by atoms with van der Waals surface area (Å²) < 4.78 is 22.1. The Morgan fingerprint density at radius 3 is 2.33 bits per heavy atom. The van der Waals surface area contributed by atoms with Crippen molar-refractivity contribution in [2.75, 3.05) is 27.1 Å². The van der Waals surface area contributed by atoms with E-state index in [-0.39, 0.29) is 18.4 Å². The SMILES string of the molecule is CCC(=O)OC1=CN2C(=NC(c3ccc(N)cc3)=CC2c2cc(OC)c(OC)c(OC)c2)S1. The van der Waals surface area contributed by atoms with Gasteiger partial charge >= 0.3 is 5.97 Å². The lowest BCUT2D eigenvalue weighted by Gasteiger charge is -2.30. The first kappa shape index (κ1) is 22.6. The highest BCUT2D eigenvalue weighted by atomic mass is 32.2. The molecule has 0 aliphatic carbocycles. The van der Waals surface area contributed by atoms with E-state index in [4.69, 9.17) is 29.7 Å². The molecule has 0 saturated heterocycles. The van der Waals surface area contributed by atoms with Crippen molar-refractivity contribution >= 4 is 34.3 Å². The smallest absolute Gasteiger partial charge is 0.311 e. The van der Waals surface area contributed by atoms with Gasteiger partial charge in [0.25, 0.3) is 0 Å². The van der Waals surface area contributed by atoms with E-state index in [9.17, 15) is 4.79 Å². The number of thioether (sulfide) groups is 1. The Balaban J connectivity index is 1.81. The quantitative estimate of drug-likeness (QED) is 0.468. The fourth-order valence-electron chi connectivity index (χ4n) is 3.56. The number of amidine groups is 1. The molecule has 0 saturated carbocycles. The second-order valence-electron chi connectivity index (χ2n) is 7.26. The van der Waals surface area contributed by atoms with Crippen molar-refractivity contribution in [3.63, 3.8) is 0 Å². The third-order valence-electron chi connectivity index (χ3n) is 5.23. The minimum atomic E-state index is -0.301. The Bertz CT molecular complexity index is 1130. The molecular formula is C24H25N3O5S. The molecule has 0 bridgehead atoms. The highest BCUT2D eigenvalue weighted by Crippen LogP contribution is 2.46. The number of benzene rings is 2. The van der Waals surface area contributed by atoms with Gasteiger partial charge in [0, 0.05) is 17.7 Å². The lowest BCUT2D eigenvalue weighted by molar-refractivity contribution is -0.138. The molecule has 8 nitrogen and oxygen atoms in total. The number of nitrogen functional groups attached to an aromatic ring is 1. The van der Waals surface area contributed by atoms with Crippen molar-refractivity contribution < 1.29 is 23.7 Å². The molecule has 2 N–H and O–H groups in total. The highest BCUT2D eigenvalue weighted by Gasteiger charge is 2.34. The average Bonchev–Trinajstić information content (AvgIpc) is 3.24. The number of anilines is 1. The Labute approximate surface area is 196 Å². The van der Waals surface area contributed by atoms with Gasteiger partial charge in [-0.15, -0.1) is 0 Å². The Kier molecular flexibility index (Phi) is 6.50. The van der Waals surface area contributed by atoms with E-state index in [1.807, 2.05) is 47.4 Å². The molecule has 33 heavy (non-hydrogen) atoms. The number of ether oxygens (including phenoxy) is 4. The van der Waals surface area contributed by atoms with Crippen molar-refractivity contribution in [1.29, 1.82) is 0 Å². The number of carbonyl (C=O) groups is 1. The van der Waals surface area contributed by atoms with E-state index >= 15 is 0 Å². The molecule has 0 amide bonds. The van der Waals surface area contributed by atoms with Gasteiger partial charge in [-0.2, -0.15) is 0 Å². The summed E-state index contributed by atoms with van der Waals surface area (Å²) in [6.45, 7) is 1.76. The summed E-state index contributed by atoms with van der Waals surface area (Å²) in [5.74, 6) is 1.31. The molecule has 4 rings (SSSR count). The van der Waals surface area contributed by atoms with Crippen molar-refractivity contribution in [2.24, 2.45) is 4.99 Å². The van der Waals surface area contributed by atoms with Crippen LogP contribution in [0.5, 0.6) is 17.2 Å². The van der Waals surface area contributed by atoms with Crippen LogP contribution >= 0.6 is 11.8 Å². The zero-order valence-corrected chi connectivity index (χ0v) is 19.6. The Morgan fingerprint density at radius 2 is 1.76 bits per heavy atom. The van der Waals surface area contributed by atoms with E-state index in [1.54, 1.807) is 34.5 Å². The van der Waals surface area contributed by atoms with Crippen molar-refractivity contribution in [1.82, 2.24) is 4.90 Å². The Hall–Kier alpha value is -3.59. The minimum absolute atomic E-state index is 0.260. The predicted octanol–water partition coefficient (Wildman–Crippen LogP) is 4.55. The number of nitrogens with two attached hydrogens (primary N) is 1. The molecule has 0 radical (unpaired) electrons. The standard InChI is InChI=1S/C24H25N3O5S/c1-5-21(28)32-22-13-27-18(15-10-19(29-2)23(31-4)20(11-15)30-3)12-17(26-24(27)33-22)14-6-8-16(25)9-7-14/h6-13,18H,5,25H2,1-4H3. The highest BCUT2D eigenvalue weighted by molar-refractivity contribution is 8.17. The van der Waals surface area contributed by atoms with Crippen LogP contribution in [0, 0.1) is 0 Å². The number of hydrogen-bond acceptors (Lipinski definition) is 9. The van der Waals surface area contributed by atoms with Crippen LogP contribution in [0.3, 0.4) is 0 Å². The topological polar surface area (TPSA) is 95.6 Å². The fourth-order valence-corrected chi connectivity index (χ4v) is 4.46. The minimum Gasteiger partial charge on any atom is -0.493 e. The van der Waals surface area contributed by atoms with Crippen molar-refractivity contribution in [2.45, 2.75) is 19.4 Å². The van der Waals surface area contributed by atoms with E-state index in [0.29, 0.717) is 33.2 Å². The maximum atomic E-state index is 11.9. The number of aliphatic imine (C=N–C) groups is 1. The number of nitrogens with zero attached hydrogens (tertiary/aromatic N) is 2. The van der Waals surface area contributed by atoms with Gasteiger partial charge in [-0.1, -0.05) is 19.1 Å². The molecule has 0 aromatic heterocycles. The molecule has 2 aliphatic heterocycles. The van der Waals surface area contributed by atoms with E-state index in [0.717, 1.165) is 16.8 Å². The summed E-state index contributed by atoms with van der Waals surface area (Å²) in [6, 6.07) is 11.1. The first-order valence-corrected chi connectivity index (χ1v) is 11.1. The largest absolute Gasteiger partial charge is 0.493 e. The van der Waals surface area contributed by atoms with Gasteiger partial charge in [0.2, 0.25) is 5.75 Å². The van der Waals surface area contributed by atoms with E-state index < -0.39 is 0 Å². The van der Waals surface area contributed by atoms with Gasteiger partial charge in [0.1, 0.15) is 0 Å². The molecular weight excluding hydrogens is 442 g/mol. The molecule has 2 aliphatic rings. The number of carbonyl (C=O) groups excluding carboxylic acids is 1. The van der Waals surface area contributed by atoms with Crippen LogP contribution in [-0.2, 0) is 9.53 Å². The molecule has 2 heterocycles. The van der Waals surface area contributed by atoms with Crippen LogP contribution in [0.25, 0.3) is 5.70 Å². The van der Waals surface area contributed by atoms with E-state index in [1.165, 1.54) is 11.8 Å². The molecule has 1 atom stereocenters. The van der Waals surface area contributed by atoms with Crippen LogP contribution in [0.2, 0.25) is 0 Å². The zero-order chi connectivity index (χ0) is 23.5. The average molecular weight is 468 g/mol. The third kappa shape index (κ3) is 4.49. The molecule has 9 heteroatoms. The van der Waals surface area contributed by atoms with Gasteiger partial charge in [0.05, 0.1) is 39.3 Å². The maximum Gasteiger partial charge on any atom is 0.311 e. The van der Waals surface area contributed by atoms with Gasteiger partial charge in [-0.25, -0.2) is 4.99 Å². The predicted molar refractivity (Wildman–Crippen MR) is 129 cm³/mol. The molecule has 1 unspecified atom stereocenters. The second-order valence-corrected chi connectivity index (χ2v) is 8.23. The monoisotopic (exact) mass is 467 g/mol. The third-order valence-corrected chi connectivity index (χ3v) is 6.10. The number of fused-ring (bicyclic) bond motifs is 1. The van der Waals surface area contributed by atoms with Gasteiger partial charge in [-0.3, -0.25) is 4.79 Å². The van der Waals surface area contributed by atoms with Crippen molar-refractivity contribution in [3.05, 3.63) is 64.9 Å². The summed E-state index contributed by atoms with van der Waals surface area (Å²) in [4.78, 5) is 18.7. The summed E-state index contributed by atoms with van der Waals surface area (Å²) in [5.41, 5.74) is 9.14. The Morgan fingerprint density at radius 1 is 1.09 bits per heavy atom. The summed E-state index contributed by atoms with van der Waals surface area (Å²) in [7, 11) is 4.73. The fraction of sp³-hybridized carbons (Fsp3) is 0.250. The van der Waals surface area contributed by atoms with Gasteiger partial charge in [-0.05, 0) is 47.7 Å². The summed E-state index contributed by atoms with van der Waals surface area (Å²) >= 11 is 1.31. The lowest BCUT2D eigenvalue weighted by Crippen LogP contribution is -2.27. The molecule has 0 spiro atoms. The zero-order valence-electron chi connectivity index (χ0n) is 18.8. The molecule has 2 aromatic carbocycles. The summed E-state index contributed by atoms with van der Waals surface area (Å²) in [6.07, 6.45) is 4.12. The summed E-state index contributed by atoms with van der Waals surface area (Å²) in [5, 5.41) is 1.17. The molecule has 2 aromatic rings.